The second-order valence-electron chi connectivity index (χ2n) is 6.12. The number of benzene rings is 1. The summed E-state index contributed by atoms with van der Waals surface area (Å²) in [7, 11) is 0. The maximum absolute atomic E-state index is 6.32. The van der Waals surface area contributed by atoms with E-state index in [9.17, 15) is 0 Å². The molecule has 122 valence electrons. The van der Waals surface area contributed by atoms with E-state index in [-0.39, 0.29) is 5.41 Å². The lowest BCUT2D eigenvalue weighted by Crippen LogP contribution is -2.25. The zero-order chi connectivity index (χ0) is 16.9. The smallest absolute Gasteiger partial charge is 0.0746 e. The van der Waals surface area contributed by atoms with Crippen molar-refractivity contribution in [3.63, 3.8) is 0 Å². The molecule has 22 heavy (non-hydrogen) atoms. The molecule has 1 aromatic rings. The molecule has 0 bridgehead atoms. The van der Waals surface area contributed by atoms with E-state index in [1.165, 1.54) is 0 Å². The van der Waals surface area contributed by atoms with Gasteiger partial charge in [0.2, 0.25) is 0 Å². The summed E-state index contributed by atoms with van der Waals surface area (Å²) in [6.07, 6.45) is 4.73. The molecular formula is C18H30N4. The van der Waals surface area contributed by atoms with Crippen molar-refractivity contribution in [1.82, 2.24) is 0 Å². The lowest BCUT2D eigenvalue weighted by molar-refractivity contribution is 0.417. The molecule has 1 rings (SSSR count). The van der Waals surface area contributed by atoms with Gasteiger partial charge in [0.05, 0.1) is 28.3 Å². The molecule has 8 N–H and O–H groups in total. The van der Waals surface area contributed by atoms with Crippen molar-refractivity contribution in [2.24, 2.45) is 0 Å². The molecular weight excluding hydrogens is 272 g/mol. The zero-order valence-electron chi connectivity index (χ0n) is 14.3. The van der Waals surface area contributed by atoms with Gasteiger partial charge in [-0.2, -0.15) is 0 Å². The molecule has 0 fully saturated rings. The predicted molar refractivity (Wildman–Crippen MR) is 98.4 cm³/mol. The third kappa shape index (κ3) is 3.24. The Bertz CT molecular complexity index is 566. The highest BCUT2D eigenvalue weighted by Crippen LogP contribution is 2.46. The molecule has 0 aliphatic carbocycles. The Labute approximate surface area is 134 Å². The first-order valence-corrected chi connectivity index (χ1v) is 8.09. The summed E-state index contributed by atoms with van der Waals surface area (Å²) in [6, 6.07) is 0. The summed E-state index contributed by atoms with van der Waals surface area (Å²) in [6.45, 7) is 8.53. The summed E-state index contributed by atoms with van der Waals surface area (Å²) in [5.41, 5.74) is 28.4. The van der Waals surface area contributed by atoms with Gasteiger partial charge in [-0.1, -0.05) is 46.0 Å². The Morgan fingerprint density at radius 3 is 1.82 bits per heavy atom. The molecule has 0 saturated carbocycles. The number of nitrogens with two attached hydrogens (primary N) is 4. The van der Waals surface area contributed by atoms with Gasteiger partial charge in [0.25, 0.3) is 0 Å². The summed E-state index contributed by atoms with van der Waals surface area (Å²) in [4.78, 5) is 0. The van der Waals surface area contributed by atoms with Crippen molar-refractivity contribution >= 4 is 22.7 Å². The second kappa shape index (κ2) is 7.31. The molecule has 0 spiro atoms. The third-order valence-corrected chi connectivity index (χ3v) is 4.43. The van der Waals surface area contributed by atoms with E-state index in [1.807, 2.05) is 0 Å². The minimum Gasteiger partial charge on any atom is -0.397 e. The van der Waals surface area contributed by atoms with Crippen LogP contribution in [0.3, 0.4) is 0 Å². The first-order chi connectivity index (χ1) is 10.3. The van der Waals surface area contributed by atoms with Crippen molar-refractivity contribution in [2.45, 2.75) is 65.2 Å². The van der Waals surface area contributed by atoms with Crippen molar-refractivity contribution < 1.29 is 0 Å². The molecule has 0 aliphatic heterocycles. The fourth-order valence-electron chi connectivity index (χ4n) is 2.92. The van der Waals surface area contributed by atoms with Crippen LogP contribution in [0.25, 0.3) is 0 Å². The van der Waals surface area contributed by atoms with Gasteiger partial charge in [0, 0.05) is 12.0 Å². The Kier molecular flexibility index (Phi) is 5.99. The van der Waals surface area contributed by atoms with Crippen LogP contribution in [0.1, 0.15) is 70.9 Å². The maximum atomic E-state index is 6.32. The molecule has 4 heteroatoms. The molecule has 0 amide bonds. The van der Waals surface area contributed by atoms with Crippen LogP contribution in [-0.2, 0) is 5.41 Å². The lowest BCUT2D eigenvalue weighted by Gasteiger charge is -2.32. The number of nitrogen functional groups attached to an aromatic ring is 4. The largest absolute Gasteiger partial charge is 0.397 e. The summed E-state index contributed by atoms with van der Waals surface area (Å²) < 4.78 is 0. The number of hydrogen-bond donors (Lipinski definition) is 4. The van der Waals surface area contributed by atoms with Crippen molar-refractivity contribution in [3.8, 4) is 11.8 Å². The van der Waals surface area contributed by atoms with E-state index in [0.29, 0.717) is 28.3 Å². The average molecular weight is 302 g/mol. The van der Waals surface area contributed by atoms with Crippen LogP contribution >= 0.6 is 0 Å². The van der Waals surface area contributed by atoms with E-state index in [2.05, 4.69) is 39.5 Å². The third-order valence-electron chi connectivity index (χ3n) is 4.43. The summed E-state index contributed by atoms with van der Waals surface area (Å²) >= 11 is 0. The monoisotopic (exact) mass is 302 g/mol. The molecule has 0 radical (unpaired) electrons. The van der Waals surface area contributed by atoms with Crippen LogP contribution < -0.4 is 22.9 Å². The molecule has 4 nitrogen and oxygen atoms in total. The molecule has 1 atom stereocenters. The van der Waals surface area contributed by atoms with Crippen molar-refractivity contribution in [2.75, 3.05) is 22.9 Å². The molecule has 0 aliphatic rings. The molecule has 0 heterocycles. The molecule has 0 saturated heterocycles. The van der Waals surface area contributed by atoms with E-state index >= 15 is 0 Å². The zero-order valence-corrected chi connectivity index (χ0v) is 14.3. The van der Waals surface area contributed by atoms with Gasteiger partial charge in [-0.05, 0) is 24.7 Å². The highest BCUT2D eigenvalue weighted by atomic mass is 14.8. The summed E-state index contributed by atoms with van der Waals surface area (Å²) in [5.74, 6) is 6.10. The van der Waals surface area contributed by atoms with E-state index in [0.717, 1.165) is 37.7 Å². The highest BCUT2D eigenvalue weighted by Gasteiger charge is 2.31. The SMILES string of the molecule is CCCC#Cc1c(N)c(N)c(C(C)(CC)CCC)c(N)c1N. The van der Waals surface area contributed by atoms with Crippen LogP contribution in [-0.4, -0.2) is 0 Å². The van der Waals surface area contributed by atoms with Gasteiger partial charge in [-0.15, -0.1) is 0 Å². The van der Waals surface area contributed by atoms with Crippen LogP contribution in [0.4, 0.5) is 22.7 Å². The molecule has 0 aromatic heterocycles. The van der Waals surface area contributed by atoms with Crippen LogP contribution in [0, 0.1) is 11.8 Å². The first-order valence-electron chi connectivity index (χ1n) is 8.09. The Morgan fingerprint density at radius 2 is 1.41 bits per heavy atom. The Morgan fingerprint density at radius 1 is 0.864 bits per heavy atom. The number of anilines is 4. The van der Waals surface area contributed by atoms with Gasteiger partial charge in [-0.3, -0.25) is 0 Å². The van der Waals surface area contributed by atoms with Crippen molar-refractivity contribution in [3.05, 3.63) is 11.1 Å². The Hall–Kier alpha value is -2.02. The van der Waals surface area contributed by atoms with Crippen molar-refractivity contribution in [1.29, 1.82) is 0 Å². The summed E-state index contributed by atoms with van der Waals surface area (Å²) in [5, 5.41) is 0. The van der Waals surface area contributed by atoms with E-state index < -0.39 is 0 Å². The van der Waals surface area contributed by atoms with Gasteiger partial charge in [0.15, 0.2) is 0 Å². The topological polar surface area (TPSA) is 104 Å². The normalized spacial score (nSPS) is 13.3. The fourth-order valence-corrected chi connectivity index (χ4v) is 2.92. The predicted octanol–water partition coefficient (Wildman–Crippen LogP) is 3.63. The van der Waals surface area contributed by atoms with E-state index in [4.69, 9.17) is 22.9 Å². The number of unbranched alkanes of at least 4 members (excludes halogenated alkanes) is 1. The molecule has 1 unspecified atom stereocenters. The first kappa shape index (κ1) is 18.0. The van der Waals surface area contributed by atoms with Gasteiger partial charge < -0.3 is 22.9 Å². The van der Waals surface area contributed by atoms with Gasteiger partial charge >= 0.3 is 0 Å². The van der Waals surface area contributed by atoms with E-state index in [1.54, 1.807) is 0 Å². The van der Waals surface area contributed by atoms with Crippen LogP contribution in [0.2, 0.25) is 0 Å². The average Bonchev–Trinajstić information content (AvgIpc) is 2.49. The standard InChI is InChI=1S/C18H30N4/c1-5-8-9-10-12-14(19)16(21)13(17(22)15(12)20)18(4,7-3)11-6-2/h5-8,11,19-22H2,1-4H3. The number of rotatable bonds is 5. The van der Waals surface area contributed by atoms with Gasteiger partial charge in [-0.25, -0.2) is 0 Å². The maximum Gasteiger partial charge on any atom is 0.0746 e. The minimum atomic E-state index is -0.124. The fraction of sp³-hybridized carbons (Fsp3) is 0.556. The van der Waals surface area contributed by atoms with Crippen LogP contribution in [0.5, 0.6) is 0 Å². The number of hydrogen-bond acceptors (Lipinski definition) is 4. The molecule has 1 aromatic carbocycles. The minimum absolute atomic E-state index is 0.124. The lowest BCUT2D eigenvalue weighted by atomic mass is 9.74. The Balaban J connectivity index is 3.57. The highest BCUT2D eigenvalue weighted by molar-refractivity contribution is 5.91. The second-order valence-corrected chi connectivity index (χ2v) is 6.12. The van der Waals surface area contributed by atoms with Gasteiger partial charge in [0.1, 0.15) is 0 Å². The van der Waals surface area contributed by atoms with Crippen LogP contribution in [0.15, 0.2) is 0 Å². The quantitative estimate of drug-likeness (QED) is 0.492.